The fourth-order valence-electron chi connectivity index (χ4n) is 2.83. The maximum Gasteiger partial charge on any atom is 0.134 e. The molecule has 1 aliphatic carbocycles. The molecule has 2 aromatic rings. The van der Waals surface area contributed by atoms with Crippen LogP contribution in [0.2, 0.25) is 0 Å². The number of allylic oxidation sites excluding steroid dienone is 5. The molecule has 0 N–H and O–H groups in total. The summed E-state index contributed by atoms with van der Waals surface area (Å²) < 4.78 is 0. The fourth-order valence-corrected chi connectivity index (χ4v) is 5.45. The van der Waals surface area contributed by atoms with Crippen LogP contribution in [0.1, 0.15) is 0 Å². The first-order valence-electron chi connectivity index (χ1n) is 7.63. The normalized spacial score (nSPS) is 15.7. The minimum absolute atomic E-state index is 0. The Morgan fingerprint density at radius 2 is 1.27 bits per heavy atom. The summed E-state index contributed by atoms with van der Waals surface area (Å²) in [5, 5.41) is 2.13. The zero-order valence-electron chi connectivity index (χ0n) is 13.5. The van der Waals surface area contributed by atoms with Crippen molar-refractivity contribution in [3.05, 3.63) is 89.5 Å². The standard InChI is InChI=1S/C21H13O3P.Co/c22-13-16-11-12-21(20(15-24)19(16)14-23)25(17-7-3-1-4-8-17)18-9-5-2-6-10-18;/h1-12,21H;. The number of carbonyl (C=O) groups excluding carboxylic acids is 3. The van der Waals surface area contributed by atoms with Crippen molar-refractivity contribution in [3.63, 3.8) is 0 Å². The number of rotatable bonds is 3. The number of benzene rings is 2. The third kappa shape index (κ3) is 3.83. The van der Waals surface area contributed by atoms with E-state index in [1.165, 1.54) is 0 Å². The molecular weight excluding hydrogens is 390 g/mol. The van der Waals surface area contributed by atoms with Crippen LogP contribution in [0.25, 0.3) is 0 Å². The van der Waals surface area contributed by atoms with Crippen LogP contribution in [0.5, 0.6) is 0 Å². The second kappa shape index (κ2) is 9.24. The molecule has 0 spiro atoms. The molecule has 0 aliphatic heterocycles. The van der Waals surface area contributed by atoms with Crippen LogP contribution in [-0.2, 0) is 31.2 Å². The maximum atomic E-state index is 11.6. The molecule has 0 saturated carbocycles. The molecule has 26 heavy (non-hydrogen) atoms. The third-order valence-corrected chi connectivity index (χ3v) is 6.64. The summed E-state index contributed by atoms with van der Waals surface area (Å²) in [7, 11) is -1.000. The summed E-state index contributed by atoms with van der Waals surface area (Å²) in [5.41, 5.74) is -0.196. The van der Waals surface area contributed by atoms with Crippen LogP contribution < -0.4 is 10.6 Å². The van der Waals surface area contributed by atoms with E-state index < -0.39 is 7.92 Å². The predicted octanol–water partition coefficient (Wildman–Crippen LogP) is 2.33. The van der Waals surface area contributed by atoms with Gasteiger partial charge in [-0.1, -0.05) is 66.7 Å². The van der Waals surface area contributed by atoms with E-state index in [1.807, 2.05) is 66.6 Å². The van der Waals surface area contributed by atoms with Gasteiger partial charge in [0.15, 0.2) is 0 Å². The Bertz CT molecular complexity index is 923. The summed E-state index contributed by atoms with van der Waals surface area (Å²) in [5.74, 6) is 5.29. The zero-order valence-corrected chi connectivity index (χ0v) is 15.4. The number of hydrogen-bond donors (Lipinski definition) is 0. The van der Waals surface area contributed by atoms with Gasteiger partial charge in [0.1, 0.15) is 17.8 Å². The Hall–Kier alpha value is -2.53. The predicted molar refractivity (Wildman–Crippen MR) is 99.6 cm³/mol. The van der Waals surface area contributed by atoms with Crippen molar-refractivity contribution in [1.82, 2.24) is 0 Å². The van der Waals surface area contributed by atoms with Crippen molar-refractivity contribution in [1.29, 1.82) is 0 Å². The second-order valence-electron chi connectivity index (χ2n) is 5.35. The van der Waals surface area contributed by atoms with E-state index in [9.17, 15) is 14.4 Å². The van der Waals surface area contributed by atoms with Crippen LogP contribution in [0.3, 0.4) is 0 Å². The van der Waals surface area contributed by atoms with E-state index in [2.05, 4.69) is 0 Å². The molecule has 0 amide bonds. The van der Waals surface area contributed by atoms with Crippen LogP contribution in [0, 0.1) is 0 Å². The third-order valence-electron chi connectivity index (χ3n) is 3.95. The first kappa shape index (κ1) is 19.8. The van der Waals surface area contributed by atoms with Gasteiger partial charge in [0.25, 0.3) is 0 Å². The van der Waals surface area contributed by atoms with Crippen molar-refractivity contribution < 1.29 is 31.2 Å². The van der Waals surface area contributed by atoms with Crippen LogP contribution in [0.15, 0.2) is 89.5 Å². The first-order valence-corrected chi connectivity index (χ1v) is 9.04. The van der Waals surface area contributed by atoms with Gasteiger partial charge in [-0.2, -0.15) is 0 Å². The van der Waals surface area contributed by atoms with Crippen LogP contribution in [-0.4, -0.2) is 23.5 Å². The van der Waals surface area contributed by atoms with E-state index in [-0.39, 0.29) is 39.2 Å². The van der Waals surface area contributed by atoms with E-state index in [1.54, 1.807) is 24.0 Å². The number of hydrogen-bond acceptors (Lipinski definition) is 3. The molecular formula is C21H13CoO3P. The summed E-state index contributed by atoms with van der Waals surface area (Å²) in [4.78, 5) is 34.0. The Morgan fingerprint density at radius 3 is 1.69 bits per heavy atom. The van der Waals surface area contributed by atoms with Gasteiger partial charge >= 0.3 is 0 Å². The molecule has 2 aromatic carbocycles. The maximum absolute atomic E-state index is 11.6. The zero-order chi connectivity index (χ0) is 17.6. The monoisotopic (exact) mass is 403 g/mol. The van der Waals surface area contributed by atoms with E-state index >= 15 is 0 Å². The molecule has 0 aromatic heterocycles. The van der Waals surface area contributed by atoms with Gasteiger partial charge in [-0.25, -0.2) is 14.4 Å². The molecule has 129 valence electrons. The molecule has 1 atom stereocenters. The van der Waals surface area contributed by atoms with E-state index in [0.717, 1.165) is 10.6 Å². The molecule has 1 aliphatic rings. The average Bonchev–Trinajstić information content (AvgIpc) is 2.69. The minimum Gasteiger partial charge on any atom is -0.233 e. The summed E-state index contributed by atoms with van der Waals surface area (Å²) in [6.45, 7) is 0. The van der Waals surface area contributed by atoms with Crippen molar-refractivity contribution in [3.8, 4) is 0 Å². The molecule has 0 bridgehead atoms. The average molecular weight is 403 g/mol. The van der Waals surface area contributed by atoms with E-state index in [4.69, 9.17) is 0 Å². The first-order chi connectivity index (χ1) is 12.3. The van der Waals surface area contributed by atoms with Gasteiger partial charge in [0.05, 0.1) is 16.7 Å². The summed E-state index contributed by atoms with van der Waals surface area (Å²) in [6, 6.07) is 19.6. The second-order valence-corrected chi connectivity index (χ2v) is 7.68. The van der Waals surface area contributed by atoms with Crippen molar-refractivity contribution in [2.75, 3.05) is 0 Å². The molecule has 3 nitrogen and oxygen atoms in total. The molecule has 0 heterocycles. The van der Waals surface area contributed by atoms with Gasteiger partial charge in [-0.15, -0.1) is 0 Å². The largest absolute Gasteiger partial charge is 0.233 e. The Kier molecular flexibility index (Phi) is 7.03. The molecule has 0 fully saturated rings. The van der Waals surface area contributed by atoms with Crippen molar-refractivity contribution in [2.24, 2.45) is 0 Å². The van der Waals surface area contributed by atoms with Crippen LogP contribution in [0.4, 0.5) is 0 Å². The van der Waals surface area contributed by atoms with Gasteiger partial charge < -0.3 is 0 Å². The minimum atomic E-state index is -1.000. The van der Waals surface area contributed by atoms with Gasteiger partial charge in [0.2, 0.25) is 0 Å². The van der Waals surface area contributed by atoms with Gasteiger partial charge in [0, 0.05) is 22.4 Å². The van der Waals surface area contributed by atoms with E-state index in [0.29, 0.717) is 0 Å². The van der Waals surface area contributed by atoms with Crippen molar-refractivity contribution in [2.45, 2.75) is 5.66 Å². The topological polar surface area (TPSA) is 51.2 Å². The molecule has 1 unspecified atom stereocenters. The SMILES string of the molecule is O=C=C1C=CC(P(c2ccccc2)c2ccccc2)C(=C=O)C1=C=O.[Co]. The van der Waals surface area contributed by atoms with Gasteiger partial charge in [-0.05, 0) is 24.6 Å². The Labute approximate surface area is 162 Å². The summed E-state index contributed by atoms with van der Waals surface area (Å²) in [6.07, 6.45) is 3.33. The molecule has 0 saturated heterocycles. The Morgan fingerprint density at radius 1 is 0.731 bits per heavy atom. The Balaban J connectivity index is 0.00000243. The quantitative estimate of drug-likeness (QED) is 0.584. The van der Waals surface area contributed by atoms with Crippen molar-refractivity contribution >= 4 is 36.4 Å². The smallest absolute Gasteiger partial charge is 0.134 e. The summed E-state index contributed by atoms with van der Waals surface area (Å²) >= 11 is 0. The fraction of sp³-hybridized carbons (Fsp3) is 0.0476. The van der Waals surface area contributed by atoms with Gasteiger partial charge in [-0.3, -0.25) is 0 Å². The van der Waals surface area contributed by atoms with Crippen LogP contribution >= 0.6 is 7.92 Å². The molecule has 3 rings (SSSR count). The molecule has 5 heteroatoms. The molecule has 1 radical (unpaired) electrons.